The van der Waals surface area contributed by atoms with Crippen LogP contribution in [0.2, 0.25) is 5.15 Å². The third kappa shape index (κ3) is 2.57. The molecule has 26 heavy (non-hydrogen) atoms. The monoisotopic (exact) mass is 380 g/mol. The first kappa shape index (κ1) is 16.7. The zero-order valence-electron chi connectivity index (χ0n) is 13.6. The van der Waals surface area contributed by atoms with Crippen molar-refractivity contribution in [1.82, 2.24) is 25.3 Å². The number of alkyl halides is 1. The predicted octanol–water partition coefficient (Wildman–Crippen LogP) is 1.99. The van der Waals surface area contributed by atoms with Gasteiger partial charge in [0.1, 0.15) is 10.8 Å². The number of aryl methyl sites for hydroxylation is 1. The Balaban J connectivity index is 1.57. The molecule has 0 spiro atoms. The predicted molar refractivity (Wildman–Crippen MR) is 88.8 cm³/mol. The second-order valence-corrected chi connectivity index (χ2v) is 7.15. The van der Waals surface area contributed by atoms with Gasteiger partial charge in [-0.05, 0) is 12.1 Å². The highest BCUT2D eigenvalue weighted by molar-refractivity contribution is 6.32. The summed E-state index contributed by atoms with van der Waals surface area (Å²) < 4.78 is 14.8. The molecule has 0 saturated heterocycles. The van der Waals surface area contributed by atoms with Gasteiger partial charge in [0, 0.05) is 31.8 Å². The van der Waals surface area contributed by atoms with Crippen molar-refractivity contribution >= 4 is 29.4 Å². The molecule has 3 aliphatic carbocycles. The van der Waals surface area contributed by atoms with Crippen LogP contribution in [0.25, 0.3) is 11.4 Å². The van der Waals surface area contributed by atoms with Crippen LogP contribution in [-0.2, 0) is 7.05 Å². The fourth-order valence-electron chi connectivity index (χ4n) is 3.61. The molecule has 0 aromatic carbocycles. The molecule has 3 saturated carbocycles. The van der Waals surface area contributed by atoms with E-state index in [9.17, 15) is 14.0 Å². The number of pyridine rings is 1. The molecule has 2 bridgehead atoms. The van der Waals surface area contributed by atoms with Crippen molar-refractivity contribution < 1.29 is 19.1 Å². The van der Waals surface area contributed by atoms with Gasteiger partial charge in [0.15, 0.2) is 11.5 Å². The number of nitrogens with one attached hydrogen (secondary N) is 2. The topological polar surface area (TPSA) is 122 Å². The third-order valence-corrected chi connectivity index (χ3v) is 5.02. The number of hydrogen-bond donors (Lipinski definition) is 3. The van der Waals surface area contributed by atoms with Gasteiger partial charge in [-0.2, -0.15) is 0 Å². The second-order valence-electron chi connectivity index (χ2n) is 6.79. The van der Waals surface area contributed by atoms with E-state index in [1.165, 1.54) is 23.9 Å². The number of rotatable bonds is 4. The van der Waals surface area contributed by atoms with Gasteiger partial charge in [-0.3, -0.25) is 10.1 Å². The first-order valence-corrected chi connectivity index (χ1v) is 8.16. The maximum atomic E-state index is 13.6. The summed E-state index contributed by atoms with van der Waals surface area (Å²) in [6.45, 7) is 0. The normalized spacial score (nSPS) is 25.8. The highest BCUT2D eigenvalue weighted by Gasteiger charge is 2.69. The molecule has 3 aliphatic rings. The van der Waals surface area contributed by atoms with E-state index < -0.39 is 23.2 Å². The molecule has 11 heteroatoms. The SMILES string of the molecule is Cn1nnc(-c2ccc(C(=O)NC34CC(F)(C3)C4)c(Cl)n2)c1NC(=O)O. The smallest absolute Gasteiger partial charge is 0.410 e. The first-order valence-electron chi connectivity index (χ1n) is 7.78. The van der Waals surface area contributed by atoms with Gasteiger partial charge in [-0.1, -0.05) is 16.8 Å². The van der Waals surface area contributed by atoms with Crippen LogP contribution >= 0.6 is 11.6 Å². The molecule has 2 aromatic heterocycles. The Morgan fingerprint density at radius 1 is 1.35 bits per heavy atom. The average Bonchev–Trinajstić information content (AvgIpc) is 2.85. The molecular formula is C15H14ClFN6O3. The van der Waals surface area contributed by atoms with Gasteiger partial charge in [0.25, 0.3) is 5.91 Å². The summed E-state index contributed by atoms with van der Waals surface area (Å²) in [6.07, 6.45) is -0.279. The van der Waals surface area contributed by atoms with Crippen LogP contribution in [0.4, 0.5) is 15.0 Å². The van der Waals surface area contributed by atoms with E-state index in [1.807, 2.05) is 0 Å². The number of amides is 2. The second kappa shape index (κ2) is 5.37. The summed E-state index contributed by atoms with van der Waals surface area (Å²) in [6, 6.07) is 2.96. The molecule has 2 amide bonds. The lowest BCUT2D eigenvalue weighted by Gasteiger charge is -2.65. The Bertz CT molecular complexity index is 926. The van der Waals surface area contributed by atoms with Crippen LogP contribution in [0.15, 0.2) is 12.1 Å². The Labute approximate surface area is 151 Å². The molecule has 5 rings (SSSR count). The van der Waals surface area contributed by atoms with Gasteiger partial charge in [0.05, 0.1) is 11.3 Å². The molecule has 3 fully saturated rings. The summed E-state index contributed by atoms with van der Waals surface area (Å²) in [5.41, 5.74) is -0.973. The quantitative estimate of drug-likeness (QED) is 0.697. The number of anilines is 1. The molecule has 0 radical (unpaired) electrons. The minimum absolute atomic E-state index is 0.0616. The number of halogens is 2. The Hall–Kier alpha value is -2.75. The minimum Gasteiger partial charge on any atom is -0.465 e. The van der Waals surface area contributed by atoms with E-state index in [4.69, 9.17) is 16.7 Å². The van der Waals surface area contributed by atoms with Gasteiger partial charge < -0.3 is 10.4 Å². The van der Waals surface area contributed by atoms with Gasteiger partial charge in [-0.15, -0.1) is 5.10 Å². The average molecular weight is 381 g/mol. The number of carbonyl (C=O) groups is 2. The minimum atomic E-state index is -1.28. The highest BCUT2D eigenvalue weighted by atomic mass is 35.5. The van der Waals surface area contributed by atoms with Crippen LogP contribution in [0.5, 0.6) is 0 Å². The lowest BCUT2D eigenvalue weighted by atomic mass is 9.47. The maximum Gasteiger partial charge on any atom is 0.410 e. The maximum absolute atomic E-state index is 13.6. The fraction of sp³-hybridized carbons (Fsp3) is 0.400. The van der Waals surface area contributed by atoms with Crippen LogP contribution in [0.1, 0.15) is 29.6 Å². The van der Waals surface area contributed by atoms with Gasteiger partial charge in [0.2, 0.25) is 0 Å². The summed E-state index contributed by atoms with van der Waals surface area (Å²) in [5.74, 6) is -0.292. The van der Waals surface area contributed by atoms with E-state index in [2.05, 4.69) is 25.9 Å². The van der Waals surface area contributed by atoms with Crippen molar-refractivity contribution in [2.24, 2.45) is 7.05 Å². The Kier molecular flexibility index (Phi) is 3.45. The molecule has 2 heterocycles. The lowest BCUT2D eigenvalue weighted by Crippen LogP contribution is -2.76. The third-order valence-electron chi connectivity index (χ3n) is 4.73. The summed E-state index contributed by atoms with van der Waals surface area (Å²) in [7, 11) is 1.52. The van der Waals surface area contributed by atoms with E-state index in [0.29, 0.717) is 19.3 Å². The summed E-state index contributed by atoms with van der Waals surface area (Å²) in [4.78, 5) is 27.4. The van der Waals surface area contributed by atoms with Crippen molar-refractivity contribution in [3.63, 3.8) is 0 Å². The standard InChI is InChI=1S/C15H14ClFN6O3/c1-23-11(19-13(25)26)9(21-22-23)8-3-2-7(10(16)18-8)12(24)20-15-4-14(17,5-15)6-15/h2-3,19H,4-6H2,1H3,(H,20,24)(H,25,26). The number of carbonyl (C=O) groups excluding carboxylic acids is 1. The van der Waals surface area contributed by atoms with Crippen molar-refractivity contribution in [2.75, 3.05) is 5.32 Å². The number of carboxylic acid groups (broad SMARTS) is 1. The van der Waals surface area contributed by atoms with E-state index in [1.54, 1.807) is 0 Å². The van der Waals surface area contributed by atoms with Gasteiger partial charge >= 0.3 is 6.09 Å². The zero-order valence-corrected chi connectivity index (χ0v) is 14.3. The summed E-state index contributed by atoms with van der Waals surface area (Å²) >= 11 is 6.13. The van der Waals surface area contributed by atoms with Crippen LogP contribution in [0.3, 0.4) is 0 Å². The molecule has 0 unspecified atom stereocenters. The molecule has 136 valence electrons. The van der Waals surface area contributed by atoms with Crippen LogP contribution < -0.4 is 10.6 Å². The lowest BCUT2D eigenvalue weighted by molar-refractivity contribution is -0.162. The Morgan fingerprint density at radius 3 is 2.62 bits per heavy atom. The molecule has 3 N–H and O–H groups in total. The number of aromatic nitrogens is 4. The molecule has 0 atom stereocenters. The van der Waals surface area contributed by atoms with Crippen molar-refractivity contribution in [1.29, 1.82) is 0 Å². The number of hydrogen-bond acceptors (Lipinski definition) is 5. The molecular weight excluding hydrogens is 367 g/mol. The van der Waals surface area contributed by atoms with E-state index >= 15 is 0 Å². The van der Waals surface area contributed by atoms with E-state index in [-0.39, 0.29) is 27.9 Å². The van der Waals surface area contributed by atoms with Crippen LogP contribution in [-0.4, -0.2) is 48.3 Å². The van der Waals surface area contributed by atoms with Gasteiger partial charge in [-0.25, -0.2) is 18.9 Å². The fourth-order valence-corrected chi connectivity index (χ4v) is 3.85. The first-order chi connectivity index (χ1) is 12.2. The van der Waals surface area contributed by atoms with Crippen LogP contribution in [0, 0.1) is 0 Å². The van der Waals surface area contributed by atoms with Crippen molar-refractivity contribution in [3.05, 3.63) is 22.8 Å². The number of nitrogens with zero attached hydrogens (tertiary/aromatic N) is 4. The van der Waals surface area contributed by atoms with Crippen molar-refractivity contribution in [2.45, 2.75) is 30.5 Å². The van der Waals surface area contributed by atoms with Crippen molar-refractivity contribution in [3.8, 4) is 11.4 Å². The Morgan fingerprint density at radius 2 is 2.04 bits per heavy atom. The molecule has 2 aromatic rings. The van der Waals surface area contributed by atoms with E-state index in [0.717, 1.165) is 0 Å². The molecule has 9 nitrogen and oxygen atoms in total. The molecule has 0 aliphatic heterocycles. The summed E-state index contributed by atoms with van der Waals surface area (Å²) in [5, 5.41) is 21.5. The largest absolute Gasteiger partial charge is 0.465 e. The highest BCUT2D eigenvalue weighted by Crippen LogP contribution is 2.62. The zero-order chi connectivity index (χ0) is 18.7.